The number of hydrazone groups is 1. The molecule has 1 aromatic carbocycles. The lowest BCUT2D eigenvalue weighted by Crippen LogP contribution is -2.30. The molecular weight excluding hydrogens is 346 g/mol. The SMILES string of the molecule is C=CC(=O)N1CCC(Oc2nc(/C(=N/NC)NC=O)cc3ccccc23)C1. The Bertz CT molecular complexity index is 896. The lowest BCUT2D eigenvalue weighted by molar-refractivity contribution is -0.125. The molecule has 27 heavy (non-hydrogen) atoms. The zero-order chi connectivity index (χ0) is 19.2. The van der Waals surface area contributed by atoms with Gasteiger partial charge in [-0.2, -0.15) is 5.10 Å². The van der Waals surface area contributed by atoms with Crippen LogP contribution >= 0.6 is 0 Å². The number of fused-ring (bicyclic) bond motifs is 1. The molecule has 1 fully saturated rings. The number of hydrogen-bond donors (Lipinski definition) is 2. The highest BCUT2D eigenvalue weighted by atomic mass is 16.5. The molecule has 0 saturated carbocycles. The lowest BCUT2D eigenvalue weighted by atomic mass is 10.1. The summed E-state index contributed by atoms with van der Waals surface area (Å²) in [4.78, 5) is 28.9. The predicted octanol–water partition coefficient (Wildman–Crippen LogP) is 1.03. The molecule has 140 valence electrons. The highest BCUT2D eigenvalue weighted by Gasteiger charge is 2.27. The van der Waals surface area contributed by atoms with Crippen LogP contribution in [0.2, 0.25) is 0 Å². The molecule has 8 heteroatoms. The van der Waals surface area contributed by atoms with E-state index in [1.807, 2.05) is 30.3 Å². The van der Waals surface area contributed by atoms with Gasteiger partial charge in [-0.1, -0.05) is 24.8 Å². The summed E-state index contributed by atoms with van der Waals surface area (Å²) in [5.41, 5.74) is 3.12. The summed E-state index contributed by atoms with van der Waals surface area (Å²) in [7, 11) is 1.63. The van der Waals surface area contributed by atoms with Gasteiger partial charge in [0.25, 0.3) is 0 Å². The van der Waals surface area contributed by atoms with E-state index in [1.54, 1.807) is 11.9 Å². The standard InChI is InChI=1S/C19H21N5O3/c1-3-17(26)24-9-8-14(11-24)27-19-15-7-5-4-6-13(15)10-16(22-19)18(21-12-25)23-20-2/h3-7,10,12,14,20H,1,8-9,11H2,2H3,(H,21,23,25). The Hall–Kier alpha value is -3.42. The van der Waals surface area contributed by atoms with Crippen molar-refractivity contribution in [1.82, 2.24) is 20.6 Å². The molecular formula is C19H21N5O3. The first-order chi connectivity index (χ1) is 13.2. The first kappa shape index (κ1) is 18.4. The molecule has 2 N–H and O–H groups in total. The van der Waals surface area contributed by atoms with E-state index in [0.29, 0.717) is 37.5 Å². The molecule has 1 aliphatic rings. The van der Waals surface area contributed by atoms with Gasteiger partial charge in [0, 0.05) is 25.4 Å². The highest BCUT2D eigenvalue weighted by molar-refractivity contribution is 6.05. The third-order valence-electron chi connectivity index (χ3n) is 4.28. The van der Waals surface area contributed by atoms with Crippen LogP contribution in [0.5, 0.6) is 5.88 Å². The van der Waals surface area contributed by atoms with Crippen molar-refractivity contribution in [2.45, 2.75) is 12.5 Å². The fourth-order valence-electron chi connectivity index (χ4n) is 3.02. The maximum absolute atomic E-state index is 11.8. The summed E-state index contributed by atoms with van der Waals surface area (Å²) in [6.45, 7) is 4.62. The van der Waals surface area contributed by atoms with Crippen LogP contribution in [-0.2, 0) is 9.59 Å². The quantitative estimate of drug-likeness (QED) is 0.261. The molecule has 8 nitrogen and oxygen atoms in total. The van der Waals surface area contributed by atoms with Crippen molar-refractivity contribution in [3.63, 3.8) is 0 Å². The normalized spacial score (nSPS) is 16.9. The smallest absolute Gasteiger partial charge is 0.246 e. The average molecular weight is 367 g/mol. The van der Waals surface area contributed by atoms with Gasteiger partial charge in [-0.05, 0) is 23.6 Å². The van der Waals surface area contributed by atoms with E-state index >= 15 is 0 Å². The van der Waals surface area contributed by atoms with Gasteiger partial charge in [0.05, 0.1) is 6.54 Å². The van der Waals surface area contributed by atoms with E-state index in [9.17, 15) is 9.59 Å². The number of ether oxygens (including phenoxy) is 1. The largest absolute Gasteiger partial charge is 0.472 e. The van der Waals surface area contributed by atoms with Crippen LogP contribution in [0, 0.1) is 0 Å². The fourth-order valence-corrected chi connectivity index (χ4v) is 3.02. The number of aromatic nitrogens is 1. The van der Waals surface area contributed by atoms with E-state index < -0.39 is 0 Å². The number of pyridine rings is 1. The zero-order valence-electron chi connectivity index (χ0n) is 15.0. The molecule has 1 saturated heterocycles. The summed E-state index contributed by atoms with van der Waals surface area (Å²) in [5, 5.41) is 8.35. The van der Waals surface area contributed by atoms with Crippen LogP contribution in [0.15, 0.2) is 48.1 Å². The van der Waals surface area contributed by atoms with Crippen molar-refractivity contribution in [3.05, 3.63) is 48.7 Å². The van der Waals surface area contributed by atoms with Crippen LogP contribution in [0.4, 0.5) is 0 Å². The van der Waals surface area contributed by atoms with E-state index in [4.69, 9.17) is 4.74 Å². The maximum Gasteiger partial charge on any atom is 0.246 e. The van der Waals surface area contributed by atoms with Crippen molar-refractivity contribution >= 4 is 28.9 Å². The second-order valence-corrected chi connectivity index (χ2v) is 6.00. The Morgan fingerprint density at radius 2 is 2.26 bits per heavy atom. The minimum absolute atomic E-state index is 0.105. The minimum Gasteiger partial charge on any atom is -0.472 e. The Morgan fingerprint density at radius 3 is 3.00 bits per heavy atom. The summed E-state index contributed by atoms with van der Waals surface area (Å²) in [6.07, 6.45) is 2.40. The van der Waals surface area contributed by atoms with Gasteiger partial charge in [-0.3, -0.25) is 9.59 Å². The molecule has 2 aromatic rings. The molecule has 0 bridgehead atoms. The number of likely N-dealkylation sites (tertiary alicyclic amines) is 1. The number of nitrogens with one attached hydrogen (secondary N) is 2. The summed E-state index contributed by atoms with van der Waals surface area (Å²) >= 11 is 0. The van der Waals surface area contributed by atoms with Crippen LogP contribution in [0.1, 0.15) is 12.1 Å². The number of nitrogens with zero attached hydrogens (tertiary/aromatic N) is 3. The minimum atomic E-state index is -0.163. The molecule has 1 unspecified atom stereocenters. The van der Waals surface area contributed by atoms with E-state index in [1.165, 1.54) is 6.08 Å². The second kappa shape index (κ2) is 8.31. The molecule has 1 aliphatic heterocycles. The molecule has 1 atom stereocenters. The Labute approximate surface area is 156 Å². The van der Waals surface area contributed by atoms with Crippen LogP contribution in [0.3, 0.4) is 0 Å². The van der Waals surface area contributed by atoms with Gasteiger partial charge >= 0.3 is 0 Å². The maximum atomic E-state index is 11.8. The fraction of sp³-hybridized carbons (Fsp3) is 0.263. The summed E-state index contributed by atoms with van der Waals surface area (Å²) < 4.78 is 6.13. The number of amides is 2. The monoisotopic (exact) mass is 367 g/mol. The second-order valence-electron chi connectivity index (χ2n) is 6.00. The molecule has 2 heterocycles. The van der Waals surface area contributed by atoms with E-state index in [-0.39, 0.29) is 17.8 Å². The number of rotatable bonds is 6. The molecule has 0 radical (unpaired) electrons. The van der Waals surface area contributed by atoms with Gasteiger partial charge < -0.3 is 20.4 Å². The third kappa shape index (κ3) is 4.05. The van der Waals surface area contributed by atoms with Crippen LogP contribution in [0.25, 0.3) is 10.8 Å². The van der Waals surface area contributed by atoms with Gasteiger partial charge in [0.2, 0.25) is 18.2 Å². The number of carbonyl (C=O) groups excluding carboxylic acids is 2. The van der Waals surface area contributed by atoms with E-state index in [2.05, 4.69) is 27.4 Å². The summed E-state index contributed by atoms with van der Waals surface area (Å²) in [6, 6.07) is 9.51. The molecule has 3 rings (SSSR count). The average Bonchev–Trinajstić information content (AvgIpc) is 3.15. The number of benzene rings is 1. The van der Waals surface area contributed by atoms with Crippen molar-refractivity contribution in [2.75, 3.05) is 20.1 Å². The Morgan fingerprint density at radius 1 is 1.44 bits per heavy atom. The van der Waals surface area contributed by atoms with Crippen molar-refractivity contribution < 1.29 is 14.3 Å². The van der Waals surface area contributed by atoms with Gasteiger partial charge in [0.1, 0.15) is 11.8 Å². The lowest BCUT2D eigenvalue weighted by Gasteiger charge is -2.17. The molecule has 0 aliphatic carbocycles. The molecule has 1 aromatic heterocycles. The zero-order valence-corrected chi connectivity index (χ0v) is 15.0. The van der Waals surface area contributed by atoms with Crippen molar-refractivity contribution in [2.24, 2.45) is 5.10 Å². The van der Waals surface area contributed by atoms with Crippen molar-refractivity contribution in [1.29, 1.82) is 0 Å². The van der Waals surface area contributed by atoms with Gasteiger partial charge in [-0.15, -0.1) is 0 Å². The topological polar surface area (TPSA) is 95.9 Å². The first-order valence-corrected chi connectivity index (χ1v) is 8.59. The van der Waals surface area contributed by atoms with Gasteiger partial charge in [0.15, 0.2) is 5.84 Å². The highest BCUT2D eigenvalue weighted by Crippen LogP contribution is 2.27. The number of amidine groups is 1. The number of hydrogen-bond acceptors (Lipinski definition) is 6. The third-order valence-corrected chi connectivity index (χ3v) is 4.28. The van der Waals surface area contributed by atoms with Gasteiger partial charge in [-0.25, -0.2) is 4.98 Å². The summed E-state index contributed by atoms with van der Waals surface area (Å²) in [5.74, 6) is 0.627. The first-order valence-electron chi connectivity index (χ1n) is 8.59. The van der Waals surface area contributed by atoms with Crippen molar-refractivity contribution in [3.8, 4) is 5.88 Å². The molecule has 2 amide bonds. The molecule has 0 spiro atoms. The Kier molecular flexibility index (Phi) is 5.65. The number of carbonyl (C=O) groups is 2. The van der Waals surface area contributed by atoms with E-state index in [0.717, 1.165) is 10.8 Å². The Balaban J connectivity index is 1.94. The van der Waals surface area contributed by atoms with Crippen LogP contribution < -0.4 is 15.5 Å². The van der Waals surface area contributed by atoms with Crippen LogP contribution in [-0.4, -0.2) is 54.3 Å². The predicted molar refractivity (Wildman–Crippen MR) is 102 cm³/mol.